The second-order valence-electron chi connectivity index (χ2n) is 3.14. The van der Waals surface area contributed by atoms with Crippen LogP contribution in [-0.4, -0.2) is 14.6 Å². The molecule has 15 heavy (non-hydrogen) atoms. The van der Waals surface area contributed by atoms with Crippen molar-refractivity contribution >= 4 is 26.0 Å². The van der Waals surface area contributed by atoms with E-state index in [1.54, 1.807) is 0 Å². The molecule has 0 unspecified atom stereocenters. The SMILES string of the molecule is c1ccc2c(c1)N1OB(OB3ON2O3)O1. The molecule has 1 aromatic carbocycles. The van der Waals surface area contributed by atoms with Crippen LogP contribution in [0.15, 0.2) is 24.3 Å². The van der Waals surface area contributed by atoms with Gasteiger partial charge in [0.15, 0.2) is 0 Å². The second-order valence-corrected chi connectivity index (χ2v) is 3.14. The first kappa shape index (κ1) is 7.97. The summed E-state index contributed by atoms with van der Waals surface area (Å²) in [5.74, 6) is 0. The summed E-state index contributed by atoms with van der Waals surface area (Å²) in [6, 6.07) is 7.34. The van der Waals surface area contributed by atoms with Crippen molar-refractivity contribution in [1.82, 2.24) is 0 Å². The molecule has 7 rings (SSSR count). The highest BCUT2D eigenvalue weighted by Crippen LogP contribution is 2.38. The molecule has 0 radical (unpaired) electrons. The molecule has 7 nitrogen and oxygen atoms in total. The van der Waals surface area contributed by atoms with Gasteiger partial charge in [0, 0.05) is 0 Å². The van der Waals surface area contributed by atoms with Crippen LogP contribution >= 0.6 is 0 Å². The Morgan fingerprint density at radius 3 is 1.73 bits per heavy atom. The molecule has 74 valence electrons. The number of nitrogens with zero attached hydrogens (tertiary/aromatic N) is 2. The molecule has 0 aromatic heterocycles. The van der Waals surface area contributed by atoms with Crippen molar-refractivity contribution in [2.24, 2.45) is 0 Å². The van der Waals surface area contributed by atoms with E-state index in [-0.39, 0.29) is 0 Å². The summed E-state index contributed by atoms with van der Waals surface area (Å²) in [4.78, 5) is 0. The lowest BCUT2D eigenvalue weighted by Crippen LogP contribution is -2.58. The van der Waals surface area contributed by atoms with E-state index >= 15 is 0 Å². The summed E-state index contributed by atoms with van der Waals surface area (Å²) in [7, 11) is -1.55. The minimum absolute atomic E-state index is 0.692. The van der Waals surface area contributed by atoms with Gasteiger partial charge < -0.3 is 4.57 Å². The van der Waals surface area contributed by atoms with Crippen molar-refractivity contribution in [3.8, 4) is 0 Å². The van der Waals surface area contributed by atoms with Crippen molar-refractivity contribution in [2.45, 2.75) is 0 Å². The third-order valence-corrected chi connectivity index (χ3v) is 2.22. The van der Waals surface area contributed by atoms with Crippen LogP contribution in [0.5, 0.6) is 0 Å². The van der Waals surface area contributed by atoms with Gasteiger partial charge in [-0.2, -0.15) is 0 Å². The van der Waals surface area contributed by atoms with E-state index in [9.17, 15) is 0 Å². The van der Waals surface area contributed by atoms with Gasteiger partial charge >= 0.3 is 14.6 Å². The zero-order valence-corrected chi connectivity index (χ0v) is 7.40. The van der Waals surface area contributed by atoms with Crippen LogP contribution < -0.4 is 10.5 Å². The van der Waals surface area contributed by atoms with Gasteiger partial charge in [0.25, 0.3) is 0 Å². The first-order chi connectivity index (χ1) is 7.40. The molecule has 1 aromatic rings. The highest BCUT2D eigenvalue weighted by atomic mass is 17.1. The van der Waals surface area contributed by atoms with E-state index in [4.69, 9.17) is 23.6 Å². The van der Waals surface area contributed by atoms with Gasteiger partial charge in [-0.3, -0.25) is 0 Å². The first-order valence-electron chi connectivity index (χ1n) is 4.42. The van der Waals surface area contributed by atoms with Gasteiger partial charge in [0.1, 0.15) is 11.4 Å². The van der Waals surface area contributed by atoms with E-state index in [2.05, 4.69) is 0 Å². The maximum atomic E-state index is 5.19. The van der Waals surface area contributed by atoms with E-state index in [0.717, 1.165) is 0 Å². The molecule has 2 saturated heterocycles. The third-order valence-electron chi connectivity index (χ3n) is 2.22. The van der Waals surface area contributed by atoms with Crippen molar-refractivity contribution in [3.63, 3.8) is 0 Å². The zero-order valence-electron chi connectivity index (χ0n) is 7.40. The van der Waals surface area contributed by atoms with E-state index < -0.39 is 14.6 Å². The van der Waals surface area contributed by atoms with Gasteiger partial charge in [-0.25, -0.2) is 19.0 Å². The van der Waals surface area contributed by atoms with E-state index in [1.165, 1.54) is 10.5 Å². The predicted octanol–water partition coefficient (Wildman–Crippen LogP) is 0.0530. The highest BCUT2D eigenvalue weighted by Gasteiger charge is 2.54. The number of rotatable bonds is 0. The second kappa shape index (κ2) is 2.65. The quantitative estimate of drug-likeness (QED) is 0.555. The van der Waals surface area contributed by atoms with Crippen LogP contribution in [-0.2, 0) is 23.6 Å². The number of benzene rings is 1. The van der Waals surface area contributed by atoms with Gasteiger partial charge in [-0.1, -0.05) is 12.1 Å². The van der Waals surface area contributed by atoms with Gasteiger partial charge in [0.05, 0.1) is 0 Å². The number of hydrogen-bond acceptors (Lipinski definition) is 7. The number of anilines is 2. The van der Waals surface area contributed by atoms with Crippen molar-refractivity contribution in [1.29, 1.82) is 0 Å². The Balaban J connectivity index is 1.80. The molecule has 0 aliphatic carbocycles. The molecule has 6 aliphatic heterocycles. The van der Waals surface area contributed by atoms with E-state index in [1.807, 2.05) is 24.3 Å². The first-order valence-corrected chi connectivity index (χ1v) is 4.42. The summed E-state index contributed by atoms with van der Waals surface area (Å²) in [5.41, 5.74) is 1.38. The molecule has 0 N–H and O–H groups in total. The molecular formula is C6H4B2N2O5. The minimum atomic E-state index is -0.775. The Kier molecular flexibility index (Phi) is 1.41. The normalized spacial score (nSPS) is 22.1. The van der Waals surface area contributed by atoms with Crippen LogP contribution in [0.4, 0.5) is 11.4 Å². The summed E-state index contributed by atoms with van der Waals surface area (Å²) in [5, 5.41) is 2.51. The molecule has 0 amide bonds. The van der Waals surface area contributed by atoms with Crippen LogP contribution in [0.3, 0.4) is 0 Å². The standard InChI is InChI=1S/C6H4B2N2O5/c1-2-4-6-5(3-1)9-12-7(13-9)11-8-14-10(6)15-8/h1-4H. The lowest BCUT2D eigenvalue weighted by molar-refractivity contribution is -0.119. The summed E-state index contributed by atoms with van der Waals surface area (Å²) in [6.07, 6.45) is 0. The fraction of sp³-hybridized carbons (Fsp3) is 0. The molecule has 9 heteroatoms. The van der Waals surface area contributed by atoms with Gasteiger partial charge in [0.2, 0.25) is 0 Å². The Morgan fingerprint density at radius 2 is 1.27 bits per heavy atom. The molecule has 4 bridgehead atoms. The summed E-state index contributed by atoms with van der Waals surface area (Å²) in [6.45, 7) is 0. The van der Waals surface area contributed by atoms with Crippen LogP contribution in [0, 0.1) is 0 Å². The average molecular weight is 206 g/mol. The topological polar surface area (TPSA) is 52.6 Å². The molecule has 0 saturated carbocycles. The molecule has 0 atom stereocenters. The molecule has 6 aliphatic rings. The molecule has 6 heterocycles. The minimum Gasteiger partial charge on any atom is -0.394 e. The fourth-order valence-corrected chi connectivity index (χ4v) is 1.52. The maximum Gasteiger partial charge on any atom is 0.676 e. The third kappa shape index (κ3) is 1.03. The number of hydrogen-bond donors (Lipinski definition) is 0. The number of para-hydroxylation sites is 2. The predicted molar refractivity (Wildman–Crippen MR) is 48.3 cm³/mol. The molecule has 2 fully saturated rings. The Morgan fingerprint density at radius 1 is 0.800 bits per heavy atom. The van der Waals surface area contributed by atoms with Crippen molar-refractivity contribution < 1.29 is 23.6 Å². The Labute approximate surface area is 85.2 Å². The lowest BCUT2D eigenvalue weighted by Gasteiger charge is -2.33. The monoisotopic (exact) mass is 206 g/mol. The van der Waals surface area contributed by atoms with Gasteiger partial charge in [-0.05, 0) is 12.1 Å². The molecular weight excluding hydrogens is 202 g/mol. The fourth-order valence-electron chi connectivity index (χ4n) is 1.52. The lowest BCUT2D eigenvalue weighted by atomic mass is 10.1. The molecule has 0 spiro atoms. The average Bonchev–Trinajstić information content (AvgIpc) is 2.29. The van der Waals surface area contributed by atoms with Gasteiger partial charge in [-0.15, -0.1) is 10.5 Å². The van der Waals surface area contributed by atoms with Crippen molar-refractivity contribution in [3.05, 3.63) is 24.3 Å². The summed E-state index contributed by atoms with van der Waals surface area (Å²) < 4.78 is 25.8. The van der Waals surface area contributed by atoms with Crippen LogP contribution in [0.25, 0.3) is 0 Å². The van der Waals surface area contributed by atoms with Crippen LogP contribution in [0.1, 0.15) is 0 Å². The largest absolute Gasteiger partial charge is 0.676 e. The van der Waals surface area contributed by atoms with E-state index in [0.29, 0.717) is 11.4 Å². The zero-order chi connectivity index (χ0) is 9.83. The Hall–Kier alpha value is -1.25. The summed E-state index contributed by atoms with van der Waals surface area (Å²) >= 11 is 0. The van der Waals surface area contributed by atoms with Crippen molar-refractivity contribution in [2.75, 3.05) is 10.5 Å². The maximum absolute atomic E-state index is 5.19. The Bertz CT molecular complexity index is 371. The smallest absolute Gasteiger partial charge is 0.394 e. The highest BCUT2D eigenvalue weighted by molar-refractivity contribution is 6.54. The van der Waals surface area contributed by atoms with Crippen LogP contribution in [0.2, 0.25) is 0 Å².